The van der Waals surface area contributed by atoms with E-state index in [9.17, 15) is 9.59 Å². The molecule has 0 spiro atoms. The van der Waals surface area contributed by atoms with Crippen LogP contribution in [-0.4, -0.2) is 78.4 Å². The van der Waals surface area contributed by atoms with Gasteiger partial charge in [-0.25, -0.2) is 0 Å². The minimum absolute atomic E-state index is 0.0170. The summed E-state index contributed by atoms with van der Waals surface area (Å²) in [5.41, 5.74) is 0.577. The maximum Gasteiger partial charge on any atom is 0.246 e. The first-order chi connectivity index (χ1) is 16.0. The van der Waals surface area contributed by atoms with E-state index >= 15 is 0 Å². The topological polar surface area (TPSA) is 76.9 Å². The van der Waals surface area contributed by atoms with Gasteiger partial charge in [0, 0.05) is 44.1 Å². The molecule has 1 atom stereocenters. The Morgan fingerprint density at radius 2 is 2.03 bits per heavy atom. The van der Waals surface area contributed by atoms with Gasteiger partial charge in [0.2, 0.25) is 11.8 Å². The molecule has 1 saturated heterocycles. The van der Waals surface area contributed by atoms with Crippen LogP contribution in [0.3, 0.4) is 0 Å². The van der Waals surface area contributed by atoms with E-state index in [1.807, 2.05) is 48.4 Å². The number of piperazine rings is 1. The summed E-state index contributed by atoms with van der Waals surface area (Å²) in [6.07, 6.45) is 1.14. The Morgan fingerprint density at radius 1 is 1.21 bits per heavy atom. The lowest BCUT2D eigenvalue weighted by Crippen LogP contribution is -2.61. The predicted molar refractivity (Wildman–Crippen MR) is 129 cm³/mol. The Kier molecular flexibility index (Phi) is 9.28. The van der Waals surface area contributed by atoms with E-state index < -0.39 is 6.04 Å². The summed E-state index contributed by atoms with van der Waals surface area (Å²) in [6, 6.07) is 12.7. The van der Waals surface area contributed by atoms with Gasteiger partial charge in [0.05, 0.1) is 24.7 Å². The molecule has 2 aromatic rings. The molecule has 1 unspecified atom stereocenters. The first-order valence-electron chi connectivity index (χ1n) is 11.5. The molecule has 8 heteroatoms. The van der Waals surface area contributed by atoms with Crippen LogP contribution in [0.1, 0.15) is 30.7 Å². The van der Waals surface area contributed by atoms with Gasteiger partial charge in [-0.2, -0.15) is 5.26 Å². The molecule has 7 nitrogen and oxygen atoms in total. The molecule has 3 rings (SSSR count). The van der Waals surface area contributed by atoms with Gasteiger partial charge >= 0.3 is 0 Å². The molecule has 2 heterocycles. The van der Waals surface area contributed by atoms with E-state index in [0.29, 0.717) is 50.5 Å². The average molecular weight is 469 g/mol. The van der Waals surface area contributed by atoms with Crippen molar-refractivity contribution in [2.75, 3.05) is 45.9 Å². The second kappa shape index (κ2) is 12.4. The van der Waals surface area contributed by atoms with Crippen LogP contribution in [0.25, 0.3) is 0 Å². The SMILES string of the molecule is CCN(CC)C(=O)C1CN(CCCOc2cccc(C#N)c2)CCN1C(=O)Cc1cccs1. The van der Waals surface area contributed by atoms with Crippen molar-refractivity contribution in [3.63, 3.8) is 0 Å². The third-order valence-corrected chi connectivity index (χ3v) is 6.78. The summed E-state index contributed by atoms with van der Waals surface area (Å²) in [5, 5.41) is 11.0. The zero-order valence-electron chi connectivity index (χ0n) is 19.4. The molecule has 0 bridgehead atoms. The highest BCUT2D eigenvalue weighted by Gasteiger charge is 2.36. The fourth-order valence-corrected chi connectivity index (χ4v) is 4.79. The van der Waals surface area contributed by atoms with Gasteiger partial charge in [-0.15, -0.1) is 11.3 Å². The van der Waals surface area contributed by atoms with Crippen molar-refractivity contribution in [1.82, 2.24) is 14.7 Å². The molecule has 0 radical (unpaired) electrons. The lowest BCUT2D eigenvalue weighted by molar-refractivity contribution is -0.149. The van der Waals surface area contributed by atoms with Crippen molar-refractivity contribution >= 4 is 23.2 Å². The van der Waals surface area contributed by atoms with Crippen LogP contribution in [0, 0.1) is 11.3 Å². The summed E-state index contributed by atoms with van der Waals surface area (Å²) in [6.45, 7) is 8.35. The van der Waals surface area contributed by atoms with Crippen LogP contribution in [0.2, 0.25) is 0 Å². The van der Waals surface area contributed by atoms with Gasteiger partial charge < -0.3 is 14.5 Å². The second-order valence-electron chi connectivity index (χ2n) is 8.01. The third-order valence-electron chi connectivity index (χ3n) is 5.90. The number of carbonyl (C=O) groups excluding carboxylic acids is 2. The Bertz CT molecular complexity index is 953. The van der Waals surface area contributed by atoms with Crippen molar-refractivity contribution in [3.8, 4) is 11.8 Å². The normalized spacial score (nSPS) is 16.3. The van der Waals surface area contributed by atoms with Crippen molar-refractivity contribution in [2.24, 2.45) is 0 Å². The van der Waals surface area contributed by atoms with Crippen molar-refractivity contribution in [1.29, 1.82) is 5.26 Å². The third kappa shape index (κ3) is 6.80. The van der Waals surface area contributed by atoms with E-state index in [1.165, 1.54) is 0 Å². The molecule has 0 aliphatic carbocycles. The minimum atomic E-state index is -0.459. The number of nitriles is 1. The van der Waals surface area contributed by atoms with Crippen LogP contribution >= 0.6 is 11.3 Å². The van der Waals surface area contributed by atoms with Crippen LogP contribution in [-0.2, 0) is 16.0 Å². The number of carbonyl (C=O) groups is 2. The molecule has 2 amide bonds. The van der Waals surface area contributed by atoms with Gasteiger partial charge in [0.25, 0.3) is 0 Å². The molecule has 1 aliphatic heterocycles. The molecular weight excluding hydrogens is 436 g/mol. The van der Waals surface area contributed by atoms with Gasteiger partial charge in [-0.1, -0.05) is 12.1 Å². The van der Waals surface area contributed by atoms with E-state index in [0.717, 1.165) is 24.4 Å². The molecule has 1 aromatic carbocycles. The first kappa shape index (κ1) is 24.7. The number of thiophene rings is 1. The lowest BCUT2D eigenvalue weighted by atomic mass is 10.1. The number of amides is 2. The minimum Gasteiger partial charge on any atom is -0.494 e. The predicted octanol–water partition coefficient (Wildman–Crippen LogP) is 3.01. The second-order valence-corrected chi connectivity index (χ2v) is 9.04. The summed E-state index contributed by atoms with van der Waals surface area (Å²) in [4.78, 5) is 33.2. The van der Waals surface area contributed by atoms with Crippen LogP contribution < -0.4 is 4.74 Å². The highest BCUT2D eigenvalue weighted by molar-refractivity contribution is 7.10. The van der Waals surface area contributed by atoms with Crippen LogP contribution in [0.15, 0.2) is 41.8 Å². The van der Waals surface area contributed by atoms with Gasteiger partial charge in [0.15, 0.2) is 0 Å². The monoisotopic (exact) mass is 468 g/mol. The van der Waals surface area contributed by atoms with Crippen LogP contribution in [0.4, 0.5) is 0 Å². The molecule has 1 aromatic heterocycles. The number of likely N-dealkylation sites (N-methyl/N-ethyl adjacent to an activating group) is 1. The first-order valence-corrected chi connectivity index (χ1v) is 12.4. The fraction of sp³-hybridized carbons (Fsp3) is 0.480. The number of hydrogen-bond donors (Lipinski definition) is 0. The summed E-state index contributed by atoms with van der Waals surface area (Å²) in [5.74, 6) is 0.727. The summed E-state index contributed by atoms with van der Waals surface area (Å²) >= 11 is 1.57. The maximum atomic E-state index is 13.3. The number of nitrogens with zero attached hydrogens (tertiary/aromatic N) is 4. The van der Waals surface area contributed by atoms with E-state index in [2.05, 4.69) is 11.0 Å². The molecule has 0 N–H and O–H groups in total. The Morgan fingerprint density at radius 3 is 2.73 bits per heavy atom. The highest BCUT2D eigenvalue weighted by Crippen LogP contribution is 2.18. The number of hydrogen-bond acceptors (Lipinski definition) is 6. The maximum absolute atomic E-state index is 13.3. The molecule has 33 heavy (non-hydrogen) atoms. The largest absolute Gasteiger partial charge is 0.494 e. The molecule has 1 fully saturated rings. The zero-order valence-corrected chi connectivity index (χ0v) is 20.2. The number of rotatable bonds is 10. The summed E-state index contributed by atoms with van der Waals surface area (Å²) < 4.78 is 5.79. The number of ether oxygens (including phenoxy) is 1. The van der Waals surface area contributed by atoms with Gasteiger partial charge in [-0.3, -0.25) is 14.5 Å². The van der Waals surface area contributed by atoms with Crippen molar-refractivity contribution < 1.29 is 14.3 Å². The standard InChI is InChI=1S/C25H32N4O3S/c1-3-28(4-2)25(31)23-19-27(11-7-14-32-21-9-5-8-20(16-21)18-26)12-13-29(23)24(30)17-22-10-6-15-33-22/h5-6,8-10,15-16,23H,3-4,7,11-14,17,19H2,1-2H3. The van der Waals surface area contributed by atoms with Crippen molar-refractivity contribution in [3.05, 3.63) is 52.2 Å². The summed E-state index contributed by atoms with van der Waals surface area (Å²) in [7, 11) is 0. The quantitative estimate of drug-likeness (QED) is 0.501. The van der Waals surface area contributed by atoms with Gasteiger partial charge in [0.1, 0.15) is 11.8 Å². The van der Waals surface area contributed by atoms with E-state index in [-0.39, 0.29) is 11.8 Å². The Hall–Kier alpha value is -2.89. The fourth-order valence-electron chi connectivity index (χ4n) is 4.10. The molecular formula is C25H32N4O3S. The van der Waals surface area contributed by atoms with Crippen LogP contribution in [0.5, 0.6) is 5.75 Å². The Labute approximate surface area is 200 Å². The Balaban J connectivity index is 1.58. The van der Waals surface area contributed by atoms with E-state index in [1.54, 1.807) is 28.4 Å². The zero-order chi connectivity index (χ0) is 23.6. The van der Waals surface area contributed by atoms with Crippen molar-refractivity contribution in [2.45, 2.75) is 32.7 Å². The number of benzene rings is 1. The molecule has 176 valence electrons. The smallest absolute Gasteiger partial charge is 0.246 e. The highest BCUT2D eigenvalue weighted by atomic mass is 32.1. The van der Waals surface area contributed by atoms with E-state index in [4.69, 9.17) is 10.00 Å². The lowest BCUT2D eigenvalue weighted by Gasteiger charge is -2.42. The molecule has 0 saturated carbocycles. The average Bonchev–Trinajstić information content (AvgIpc) is 3.35. The van der Waals surface area contributed by atoms with Gasteiger partial charge in [-0.05, 0) is 49.9 Å². The molecule has 1 aliphatic rings.